The molecule has 78 valence electrons. The Morgan fingerprint density at radius 2 is 2.12 bits per heavy atom. The fourth-order valence-electron chi connectivity index (χ4n) is 1.89. The third-order valence-electron chi connectivity index (χ3n) is 2.59. The number of nitrogens with zero attached hydrogens (tertiary/aromatic N) is 2. The second-order valence-corrected chi connectivity index (χ2v) is 3.91. The molecule has 0 bridgehead atoms. The van der Waals surface area contributed by atoms with Crippen molar-refractivity contribution in [2.75, 3.05) is 0 Å². The van der Waals surface area contributed by atoms with Gasteiger partial charge in [-0.3, -0.25) is 9.20 Å². The second-order valence-electron chi connectivity index (χ2n) is 3.51. The molecule has 0 aliphatic carbocycles. The first-order valence-electron chi connectivity index (χ1n) is 4.81. The van der Waals surface area contributed by atoms with Crippen molar-refractivity contribution in [3.05, 3.63) is 47.2 Å². The Hall–Kier alpha value is -1.87. The zero-order valence-electron chi connectivity index (χ0n) is 8.22. The number of hydrogen-bond acceptors (Lipinski definition) is 2. The normalized spacial score (nSPS) is 11.1. The summed E-state index contributed by atoms with van der Waals surface area (Å²) < 4.78 is 1.77. The molecule has 0 spiro atoms. The van der Waals surface area contributed by atoms with Crippen molar-refractivity contribution in [1.82, 2.24) is 9.38 Å². The molecule has 2 heterocycles. The van der Waals surface area contributed by atoms with Gasteiger partial charge < -0.3 is 0 Å². The van der Waals surface area contributed by atoms with Gasteiger partial charge in [0.15, 0.2) is 6.29 Å². The van der Waals surface area contributed by atoms with Crippen LogP contribution in [-0.4, -0.2) is 15.7 Å². The minimum Gasteiger partial charge on any atom is -0.296 e. The summed E-state index contributed by atoms with van der Waals surface area (Å²) in [5.74, 6) is 0. The van der Waals surface area contributed by atoms with Gasteiger partial charge in [-0.05, 0) is 18.2 Å². The van der Waals surface area contributed by atoms with Crippen LogP contribution in [0.5, 0.6) is 0 Å². The number of hydrogen-bond donors (Lipinski definition) is 0. The Bertz CT molecular complexity index is 703. The van der Waals surface area contributed by atoms with Crippen molar-refractivity contribution in [2.24, 2.45) is 0 Å². The van der Waals surface area contributed by atoms with Gasteiger partial charge in [0.25, 0.3) is 0 Å². The van der Waals surface area contributed by atoms with E-state index in [-0.39, 0.29) is 0 Å². The van der Waals surface area contributed by atoms with E-state index in [1.165, 1.54) is 0 Å². The summed E-state index contributed by atoms with van der Waals surface area (Å²) in [5.41, 5.74) is 2.05. The smallest absolute Gasteiger partial charge is 0.168 e. The predicted octanol–water partition coefficient (Wildman–Crippen LogP) is 2.95. The number of para-hydroxylation sites is 1. The number of benzene rings is 1. The van der Waals surface area contributed by atoms with Crippen LogP contribution in [0.25, 0.3) is 16.6 Å². The van der Waals surface area contributed by atoms with Crippen molar-refractivity contribution in [3.8, 4) is 0 Å². The minimum absolute atomic E-state index is 0.508. The van der Waals surface area contributed by atoms with Crippen LogP contribution < -0.4 is 0 Å². The molecule has 16 heavy (non-hydrogen) atoms. The SMILES string of the molecule is O=Cc1cnc2ccc3cccc(Cl)c3n12. The molecule has 0 N–H and O–H groups in total. The van der Waals surface area contributed by atoms with Crippen LogP contribution in [0.15, 0.2) is 36.5 Å². The number of pyridine rings is 1. The van der Waals surface area contributed by atoms with Gasteiger partial charge in [0.1, 0.15) is 11.3 Å². The first kappa shape index (κ1) is 9.36. The molecule has 0 aliphatic rings. The van der Waals surface area contributed by atoms with Crippen molar-refractivity contribution < 1.29 is 4.79 Å². The van der Waals surface area contributed by atoms with E-state index in [1.54, 1.807) is 16.7 Å². The molecule has 3 nitrogen and oxygen atoms in total. The third-order valence-corrected chi connectivity index (χ3v) is 2.90. The molecule has 4 heteroatoms. The molecule has 0 atom stereocenters. The van der Waals surface area contributed by atoms with E-state index < -0.39 is 0 Å². The fourth-order valence-corrected chi connectivity index (χ4v) is 2.16. The molecule has 3 aromatic rings. The Morgan fingerprint density at radius 1 is 1.25 bits per heavy atom. The number of carbonyl (C=O) groups excluding carboxylic acids is 1. The average molecular weight is 231 g/mol. The standard InChI is InChI=1S/C12H7ClN2O/c13-10-3-1-2-8-4-5-11-14-6-9(7-16)15(11)12(8)10/h1-7H. The van der Waals surface area contributed by atoms with Crippen molar-refractivity contribution in [2.45, 2.75) is 0 Å². The Kier molecular flexibility index (Phi) is 1.94. The highest BCUT2D eigenvalue weighted by atomic mass is 35.5. The number of fused-ring (bicyclic) bond motifs is 3. The highest BCUT2D eigenvalue weighted by Gasteiger charge is 2.08. The van der Waals surface area contributed by atoms with Crippen LogP contribution >= 0.6 is 11.6 Å². The lowest BCUT2D eigenvalue weighted by Crippen LogP contribution is -1.93. The largest absolute Gasteiger partial charge is 0.296 e. The Morgan fingerprint density at radius 3 is 2.94 bits per heavy atom. The number of carbonyl (C=O) groups is 1. The van der Waals surface area contributed by atoms with Crippen molar-refractivity contribution >= 4 is 34.4 Å². The average Bonchev–Trinajstić information content (AvgIpc) is 2.72. The molecule has 0 saturated carbocycles. The lowest BCUT2D eigenvalue weighted by Gasteiger charge is -2.04. The highest BCUT2D eigenvalue weighted by molar-refractivity contribution is 6.35. The molecule has 0 amide bonds. The van der Waals surface area contributed by atoms with Gasteiger partial charge in [-0.2, -0.15) is 0 Å². The molecule has 2 aromatic heterocycles. The summed E-state index contributed by atoms with van der Waals surface area (Å²) in [6, 6.07) is 9.45. The Labute approximate surface area is 96.3 Å². The van der Waals surface area contributed by atoms with Crippen molar-refractivity contribution in [3.63, 3.8) is 0 Å². The zero-order valence-corrected chi connectivity index (χ0v) is 8.98. The van der Waals surface area contributed by atoms with E-state index in [0.717, 1.165) is 22.8 Å². The molecule has 0 fully saturated rings. The summed E-state index contributed by atoms with van der Waals surface area (Å²) in [6.45, 7) is 0. The van der Waals surface area contributed by atoms with Crippen LogP contribution in [0.1, 0.15) is 10.5 Å². The molecule has 0 unspecified atom stereocenters. The number of rotatable bonds is 1. The van der Waals surface area contributed by atoms with Gasteiger partial charge in [-0.1, -0.05) is 23.7 Å². The van der Waals surface area contributed by atoms with E-state index in [4.69, 9.17) is 11.6 Å². The summed E-state index contributed by atoms with van der Waals surface area (Å²) in [7, 11) is 0. The van der Waals surface area contributed by atoms with Crippen LogP contribution in [-0.2, 0) is 0 Å². The van der Waals surface area contributed by atoms with E-state index in [9.17, 15) is 4.79 Å². The monoisotopic (exact) mass is 230 g/mol. The molecule has 3 rings (SSSR count). The van der Waals surface area contributed by atoms with E-state index >= 15 is 0 Å². The predicted molar refractivity (Wildman–Crippen MR) is 63.1 cm³/mol. The van der Waals surface area contributed by atoms with Gasteiger partial charge in [0.05, 0.1) is 16.7 Å². The zero-order chi connectivity index (χ0) is 11.1. The third kappa shape index (κ3) is 1.15. The maximum absolute atomic E-state index is 10.9. The topological polar surface area (TPSA) is 34.4 Å². The van der Waals surface area contributed by atoms with E-state index in [0.29, 0.717) is 10.7 Å². The fraction of sp³-hybridized carbons (Fsp3) is 0. The lowest BCUT2D eigenvalue weighted by atomic mass is 10.2. The number of imidazole rings is 1. The molecule has 0 saturated heterocycles. The number of aromatic nitrogens is 2. The minimum atomic E-state index is 0.508. The van der Waals surface area contributed by atoms with E-state index in [2.05, 4.69) is 4.98 Å². The maximum atomic E-state index is 10.9. The van der Waals surface area contributed by atoms with Gasteiger partial charge in [-0.25, -0.2) is 4.98 Å². The van der Waals surface area contributed by atoms with Gasteiger partial charge in [0, 0.05) is 5.39 Å². The summed E-state index contributed by atoms with van der Waals surface area (Å²) in [6.07, 6.45) is 2.33. The molecule has 0 radical (unpaired) electrons. The van der Waals surface area contributed by atoms with Crippen LogP contribution in [0, 0.1) is 0 Å². The first-order chi connectivity index (χ1) is 7.81. The first-order valence-corrected chi connectivity index (χ1v) is 5.19. The molecule has 1 aromatic carbocycles. The van der Waals surface area contributed by atoms with E-state index in [1.807, 2.05) is 24.3 Å². The van der Waals surface area contributed by atoms with Crippen LogP contribution in [0.2, 0.25) is 5.02 Å². The summed E-state index contributed by atoms with van der Waals surface area (Å²) in [4.78, 5) is 15.1. The number of halogens is 1. The molecule has 0 aliphatic heterocycles. The number of aldehydes is 1. The van der Waals surface area contributed by atoms with Gasteiger partial charge in [0.2, 0.25) is 0 Å². The lowest BCUT2D eigenvalue weighted by molar-refractivity contribution is 0.111. The van der Waals surface area contributed by atoms with Gasteiger partial charge in [-0.15, -0.1) is 0 Å². The van der Waals surface area contributed by atoms with Crippen molar-refractivity contribution in [1.29, 1.82) is 0 Å². The highest BCUT2D eigenvalue weighted by Crippen LogP contribution is 2.25. The summed E-state index contributed by atoms with van der Waals surface area (Å²) in [5, 5.41) is 1.60. The maximum Gasteiger partial charge on any atom is 0.168 e. The quantitative estimate of drug-likeness (QED) is 0.603. The van der Waals surface area contributed by atoms with Crippen LogP contribution in [0.3, 0.4) is 0 Å². The molecular weight excluding hydrogens is 224 g/mol. The molecular formula is C12H7ClN2O. The van der Waals surface area contributed by atoms with Gasteiger partial charge >= 0.3 is 0 Å². The Balaban J connectivity index is 2.65. The summed E-state index contributed by atoms with van der Waals surface area (Å²) >= 11 is 6.16. The second kappa shape index (κ2) is 3.32. The van der Waals surface area contributed by atoms with Crippen LogP contribution in [0.4, 0.5) is 0 Å².